The van der Waals surface area contributed by atoms with Crippen molar-refractivity contribution in [3.63, 3.8) is 0 Å². The summed E-state index contributed by atoms with van der Waals surface area (Å²) in [4.78, 5) is 0.190. The van der Waals surface area contributed by atoms with E-state index in [1.165, 1.54) is 12.1 Å². The molecule has 8 heteroatoms. The molecule has 2 N–H and O–H groups in total. The second-order valence-electron chi connectivity index (χ2n) is 4.97. The van der Waals surface area contributed by atoms with Crippen LogP contribution < -0.4 is 19.5 Å². The monoisotopic (exact) mass is 350 g/mol. The smallest absolute Gasteiger partial charge is 0.240 e. The Morgan fingerprint density at radius 3 is 2.59 bits per heavy atom. The molecule has 0 saturated carbocycles. The summed E-state index contributed by atoms with van der Waals surface area (Å²) in [6, 6.07) is 4.77. The Kier molecular flexibility index (Phi) is 7.41. The summed E-state index contributed by atoms with van der Waals surface area (Å²) in [6.45, 7) is 6.16. The van der Waals surface area contributed by atoms with Crippen LogP contribution in [0, 0.1) is 0 Å². The molecule has 1 aliphatic heterocycles. The van der Waals surface area contributed by atoms with Crippen LogP contribution in [0.2, 0.25) is 0 Å². The van der Waals surface area contributed by atoms with Gasteiger partial charge in [0.05, 0.1) is 18.1 Å². The molecule has 0 fully saturated rings. The molecule has 1 aliphatic rings. The number of nitrogens with one attached hydrogen (secondary N) is 2. The van der Waals surface area contributed by atoms with E-state index in [-0.39, 0.29) is 23.3 Å². The van der Waals surface area contributed by atoms with Gasteiger partial charge in [0.2, 0.25) is 10.0 Å². The van der Waals surface area contributed by atoms with Crippen molar-refractivity contribution in [2.45, 2.75) is 31.2 Å². The molecule has 2 rings (SSSR count). The molecular formula is C14H23ClN2O4S. The molecule has 126 valence electrons. The van der Waals surface area contributed by atoms with Crippen molar-refractivity contribution in [3.8, 4) is 11.5 Å². The predicted octanol–water partition coefficient (Wildman–Crippen LogP) is 1.55. The van der Waals surface area contributed by atoms with E-state index in [9.17, 15) is 8.42 Å². The van der Waals surface area contributed by atoms with Crippen molar-refractivity contribution in [2.75, 3.05) is 26.3 Å². The standard InChI is InChI=1S/C14H22N2O4S.ClH/c1-3-15-11(2)10-16-21(17,18)12-5-6-13-14(9-12)20-8-4-7-19-13;/h5-6,9,11,15-16H,3-4,7-8,10H2,1-2H3;1H/t11-;/m1./s1. The Labute approximate surface area is 138 Å². The maximum Gasteiger partial charge on any atom is 0.240 e. The minimum atomic E-state index is -3.54. The fraction of sp³-hybridized carbons (Fsp3) is 0.571. The molecule has 22 heavy (non-hydrogen) atoms. The lowest BCUT2D eigenvalue weighted by Gasteiger charge is -2.14. The summed E-state index contributed by atoms with van der Waals surface area (Å²) >= 11 is 0. The largest absolute Gasteiger partial charge is 0.490 e. The third-order valence-electron chi connectivity index (χ3n) is 3.16. The first kappa shape index (κ1) is 19.0. The van der Waals surface area contributed by atoms with E-state index in [2.05, 4.69) is 10.0 Å². The molecule has 0 unspecified atom stereocenters. The van der Waals surface area contributed by atoms with Gasteiger partial charge in [-0.15, -0.1) is 12.4 Å². The van der Waals surface area contributed by atoms with Crippen LogP contribution in [0.4, 0.5) is 0 Å². The average molecular weight is 351 g/mol. The van der Waals surface area contributed by atoms with E-state index >= 15 is 0 Å². The summed E-state index contributed by atoms with van der Waals surface area (Å²) in [7, 11) is -3.54. The molecule has 0 saturated heterocycles. The first-order valence-corrected chi connectivity index (χ1v) is 8.64. The highest BCUT2D eigenvalue weighted by atomic mass is 35.5. The van der Waals surface area contributed by atoms with E-state index in [1.807, 2.05) is 13.8 Å². The van der Waals surface area contributed by atoms with Gasteiger partial charge in [-0.05, 0) is 25.6 Å². The molecule has 1 atom stereocenters. The highest BCUT2D eigenvalue weighted by Crippen LogP contribution is 2.31. The fourth-order valence-corrected chi connectivity index (χ4v) is 3.19. The summed E-state index contributed by atoms with van der Waals surface area (Å²) in [5.41, 5.74) is 0. The maximum atomic E-state index is 12.3. The first-order valence-electron chi connectivity index (χ1n) is 7.15. The zero-order chi connectivity index (χ0) is 15.3. The fourth-order valence-electron chi connectivity index (χ4n) is 2.05. The first-order chi connectivity index (χ1) is 10.0. The van der Waals surface area contributed by atoms with Crippen LogP contribution in [0.1, 0.15) is 20.3 Å². The molecular weight excluding hydrogens is 328 g/mol. The van der Waals surface area contributed by atoms with Crippen LogP contribution in [0.3, 0.4) is 0 Å². The molecule has 0 amide bonds. The number of ether oxygens (including phenoxy) is 2. The summed E-state index contributed by atoms with van der Waals surface area (Å²) < 4.78 is 38.2. The minimum absolute atomic E-state index is 0. The Hall–Kier alpha value is -1.02. The van der Waals surface area contributed by atoms with Gasteiger partial charge in [-0.25, -0.2) is 13.1 Å². The number of rotatable bonds is 6. The van der Waals surface area contributed by atoms with Crippen LogP contribution >= 0.6 is 12.4 Å². The molecule has 0 bridgehead atoms. The van der Waals surface area contributed by atoms with Gasteiger partial charge in [-0.2, -0.15) is 0 Å². The lowest BCUT2D eigenvalue weighted by Crippen LogP contribution is -2.38. The van der Waals surface area contributed by atoms with Gasteiger partial charge in [-0.1, -0.05) is 6.92 Å². The normalized spacial score (nSPS) is 15.5. The summed E-state index contributed by atoms with van der Waals surface area (Å²) in [6.07, 6.45) is 0.787. The number of likely N-dealkylation sites (N-methyl/N-ethyl adjacent to an activating group) is 1. The van der Waals surface area contributed by atoms with Crippen LogP contribution in [0.5, 0.6) is 11.5 Å². The Morgan fingerprint density at radius 2 is 1.91 bits per heavy atom. The second-order valence-corrected chi connectivity index (χ2v) is 6.74. The van der Waals surface area contributed by atoms with E-state index in [0.29, 0.717) is 31.3 Å². The number of fused-ring (bicyclic) bond motifs is 1. The van der Waals surface area contributed by atoms with E-state index < -0.39 is 10.0 Å². The number of sulfonamides is 1. The van der Waals surface area contributed by atoms with E-state index in [4.69, 9.17) is 9.47 Å². The zero-order valence-electron chi connectivity index (χ0n) is 12.8. The van der Waals surface area contributed by atoms with Crippen molar-refractivity contribution in [3.05, 3.63) is 18.2 Å². The van der Waals surface area contributed by atoms with Crippen molar-refractivity contribution in [2.24, 2.45) is 0 Å². The summed E-state index contributed by atoms with van der Waals surface area (Å²) in [5.74, 6) is 1.07. The number of hydrogen-bond acceptors (Lipinski definition) is 5. The lowest BCUT2D eigenvalue weighted by atomic mass is 10.3. The van der Waals surface area contributed by atoms with Gasteiger partial charge in [-0.3, -0.25) is 0 Å². The minimum Gasteiger partial charge on any atom is -0.490 e. The topological polar surface area (TPSA) is 76.7 Å². The van der Waals surface area contributed by atoms with Crippen molar-refractivity contribution in [1.29, 1.82) is 0 Å². The van der Waals surface area contributed by atoms with Crippen LogP contribution in [-0.4, -0.2) is 40.8 Å². The molecule has 1 aromatic rings. The number of hydrogen-bond donors (Lipinski definition) is 2. The van der Waals surface area contributed by atoms with Gasteiger partial charge in [0.25, 0.3) is 0 Å². The number of benzene rings is 1. The zero-order valence-corrected chi connectivity index (χ0v) is 14.4. The molecule has 0 aliphatic carbocycles. The Balaban J connectivity index is 0.00000242. The van der Waals surface area contributed by atoms with Gasteiger partial charge in [0.1, 0.15) is 0 Å². The van der Waals surface area contributed by atoms with Gasteiger partial charge < -0.3 is 14.8 Å². The second kappa shape index (κ2) is 8.57. The molecule has 0 spiro atoms. The predicted molar refractivity (Wildman–Crippen MR) is 87.6 cm³/mol. The Morgan fingerprint density at radius 1 is 1.23 bits per heavy atom. The van der Waals surface area contributed by atoms with Crippen molar-refractivity contribution < 1.29 is 17.9 Å². The average Bonchev–Trinajstić information content (AvgIpc) is 2.70. The van der Waals surface area contributed by atoms with Gasteiger partial charge in [0, 0.05) is 25.1 Å². The third kappa shape index (κ3) is 5.01. The molecule has 1 heterocycles. The number of halogens is 1. The quantitative estimate of drug-likeness (QED) is 0.814. The van der Waals surface area contributed by atoms with Crippen LogP contribution in [0.25, 0.3) is 0 Å². The maximum absolute atomic E-state index is 12.3. The highest BCUT2D eigenvalue weighted by molar-refractivity contribution is 7.89. The summed E-state index contributed by atoms with van der Waals surface area (Å²) in [5, 5.41) is 3.16. The van der Waals surface area contributed by atoms with Crippen LogP contribution in [-0.2, 0) is 10.0 Å². The third-order valence-corrected chi connectivity index (χ3v) is 4.58. The van der Waals surface area contributed by atoms with Gasteiger partial charge >= 0.3 is 0 Å². The van der Waals surface area contributed by atoms with Crippen molar-refractivity contribution in [1.82, 2.24) is 10.0 Å². The molecule has 0 radical (unpaired) electrons. The Bertz CT molecular complexity index is 580. The van der Waals surface area contributed by atoms with E-state index in [0.717, 1.165) is 13.0 Å². The van der Waals surface area contributed by atoms with E-state index in [1.54, 1.807) is 6.07 Å². The lowest BCUT2D eigenvalue weighted by molar-refractivity contribution is 0.297. The SMILES string of the molecule is CCN[C@H](C)CNS(=O)(=O)c1ccc2c(c1)OCCCO2.Cl. The highest BCUT2D eigenvalue weighted by Gasteiger charge is 2.19. The van der Waals surface area contributed by atoms with Crippen LogP contribution in [0.15, 0.2) is 23.1 Å². The molecule has 1 aromatic carbocycles. The van der Waals surface area contributed by atoms with Gasteiger partial charge in [0.15, 0.2) is 11.5 Å². The molecule has 0 aromatic heterocycles. The van der Waals surface area contributed by atoms with Crippen molar-refractivity contribution >= 4 is 22.4 Å². The molecule has 6 nitrogen and oxygen atoms in total.